The monoisotopic (exact) mass is 397 g/mol. The largest absolute Gasteiger partial charge is 0.504 e. The first-order valence-electron chi connectivity index (χ1n) is 8.92. The number of methoxy groups -OCH3 is 1. The summed E-state index contributed by atoms with van der Waals surface area (Å²) in [6, 6.07) is 12.6. The minimum Gasteiger partial charge on any atom is -0.504 e. The standard InChI is InChI=1S/C22H23NO6/c1-28-19-14-17(10-11-20(24)25)13-18(21(19)26)9-5-6-12-23-22(27)29-15-16-7-3-2-4-8-16/h2-5,7-11,13-14,26H,6,12,15H2,1H3,(H,23,27)(H,24,25). The van der Waals surface area contributed by atoms with E-state index in [1.165, 1.54) is 19.3 Å². The summed E-state index contributed by atoms with van der Waals surface area (Å²) in [5.41, 5.74) is 1.95. The molecule has 2 aromatic carbocycles. The van der Waals surface area contributed by atoms with Gasteiger partial charge < -0.3 is 25.0 Å². The molecule has 0 radical (unpaired) electrons. The molecule has 0 atom stereocenters. The first kappa shape index (κ1) is 21.6. The lowest BCUT2D eigenvalue weighted by Gasteiger charge is -2.08. The van der Waals surface area contributed by atoms with Crippen molar-refractivity contribution < 1.29 is 29.3 Å². The summed E-state index contributed by atoms with van der Waals surface area (Å²) in [6.07, 6.45) is 5.87. The quantitative estimate of drug-likeness (QED) is 0.439. The first-order valence-corrected chi connectivity index (χ1v) is 8.92. The second kappa shape index (κ2) is 11.2. The second-order valence-corrected chi connectivity index (χ2v) is 6.01. The Morgan fingerprint density at radius 2 is 1.90 bits per heavy atom. The zero-order valence-electron chi connectivity index (χ0n) is 16.0. The van der Waals surface area contributed by atoms with Gasteiger partial charge in [-0.15, -0.1) is 0 Å². The number of hydrogen-bond donors (Lipinski definition) is 3. The molecule has 0 aliphatic rings. The van der Waals surface area contributed by atoms with Gasteiger partial charge in [-0.25, -0.2) is 9.59 Å². The molecule has 0 fully saturated rings. The minimum absolute atomic E-state index is 0.0496. The maximum atomic E-state index is 11.7. The molecule has 0 unspecified atom stereocenters. The van der Waals surface area contributed by atoms with E-state index in [9.17, 15) is 14.7 Å². The number of ether oxygens (including phenoxy) is 2. The fourth-order valence-electron chi connectivity index (χ4n) is 2.44. The Bertz CT molecular complexity index is 890. The van der Waals surface area contributed by atoms with E-state index in [2.05, 4.69) is 5.32 Å². The molecular weight excluding hydrogens is 374 g/mol. The summed E-state index contributed by atoms with van der Waals surface area (Å²) >= 11 is 0. The van der Waals surface area contributed by atoms with Crippen LogP contribution in [0, 0.1) is 0 Å². The number of carboxylic acid groups (broad SMARTS) is 1. The second-order valence-electron chi connectivity index (χ2n) is 6.01. The number of carboxylic acids is 1. The van der Waals surface area contributed by atoms with Gasteiger partial charge in [-0.05, 0) is 35.8 Å². The van der Waals surface area contributed by atoms with Crippen LogP contribution in [-0.4, -0.2) is 35.9 Å². The van der Waals surface area contributed by atoms with Crippen molar-refractivity contribution >= 4 is 24.2 Å². The van der Waals surface area contributed by atoms with Crippen molar-refractivity contribution in [3.05, 3.63) is 71.3 Å². The van der Waals surface area contributed by atoms with Gasteiger partial charge in [-0.1, -0.05) is 42.5 Å². The molecule has 1 amide bonds. The molecule has 0 aliphatic heterocycles. The van der Waals surface area contributed by atoms with Crippen LogP contribution in [0.1, 0.15) is 23.1 Å². The Balaban J connectivity index is 1.86. The number of rotatable bonds is 9. The Morgan fingerprint density at radius 1 is 1.14 bits per heavy atom. The number of phenols is 1. The zero-order valence-corrected chi connectivity index (χ0v) is 16.0. The van der Waals surface area contributed by atoms with E-state index < -0.39 is 12.1 Å². The van der Waals surface area contributed by atoms with Crippen LogP contribution in [0.5, 0.6) is 11.5 Å². The van der Waals surface area contributed by atoms with Crippen molar-refractivity contribution in [2.24, 2.45) is 0 Å². The number of aliphatic carboxylic acids is 1. The van der Waals surface area contributed by atoms with E-state index >= 15 is 0 Å². The number of carbonyl (C=O) groups is 2. The molecule has 7 heteroatoms. The van der Waals surface area contributed by atoms with Gasteiger partial charge in [0.25, 0.3) is 0 Å². The molecule has 2 aromatic rings. The topological polar surface area (TPSA) is 105 Å². The van der Waals surface area contributed by atoms with E-state index in [0.29, 0.717) is 24.1 Å². The summed E-state index contributed by atoms with van der Waals surface area (Å²) < 4.78 is 10.2. The third-order valence-electron chi connectivity index (χ3n) is 3.86. The number of aromatic hydroxyl groups is 1. The predicted octanol–water partition coefficient (Wildman–Crippen LogP) is 3.83. The van der Waals surface area contributed by atoms with E-state index in [0.717, 1.165) is 11.6 Å². The van der Waals surface area contributed by atoms with Crippen molar-refractivity contribution in [3.8, 4) is 11.5 Å². The highest BCUT2D eigenvalue weighted by Crippen LogP contribution is 2.32. The Labute approximate surface area is 168 Å². The molecule has 3 N–H and O–H groups in total. The van der Waals surface area contributed by atoms with Crippen LogP contribution in [0.3, 0.4) is 0 Å². The van der Waals surface area contributed by atoms with Gasteiger partial charge in [0.2, 0.25) is 0 Å². The van der Waals surface area contributed by atoms with Crippen molar-refractivity contribution in [3.63, 3.8) is 0 Å². The molecule has 7 nitrogen and oxygen atoms in total. The highest BCUT2D eigenvalue weighted by atomic mass is 16.5. The average Bonchev–Trinajstić information content (AvgIpc) is 2.72. The molecule has 0 spiro atoms. The molecule has 29 heavy (non-hydrogen) atoms. The van der Waals surface area contributed by atoms with Crippen LogP contribution in [0.2, 0.25) is 0 Å². The minimum atomic E-state index is -1.07. The number of hydrogen-bond acceptors (Lipinski definition) is 5. The molecule has 0 aromatic heterocycles. The molecular formula is C22H23NO6. The summed E-state index contributed by atoms with van der Waals surface area (Å²) in [6.45, 7) is 0.563. The fourth-order valence-corrected chi connectivity index (χ4v) is 2.44. The smallest absolute Gasteiger partial charge is 0.407 e. The molecule has 0 saturated carbocycles. The lowest BCUT2D eigenvalue weighted by Crippen LogP contribution is -2.24. The van der Waals surface area contributed by atoms with Gasteiger partial charge in [0, 0.05) is 18.2 Å². The maximum absolute atomic E-state index is 11.7. The molecule has 2 rings (SSSR count). The van der Waals surface area contributed by atoms with Crippen LogP contribution < -0.4 is 10.1 Å². The van der Waals surface area contributed by atoms with Crippen molar-refractivity contribution in [2.75, 3.05) is 13.7 Å². The third-order valence-corrected chi connectivity index (χ3v) is 3.86. The average molecular weight is 397 g/mol. The van der Waals surface area contributed by atoms with Crippen LogP contribution in [0.25, 0.3) is 12.2 Å². The van der Waals surface area contributed by atoms with Crippen LogP contribution in [0.15, 0.2) is 54.6 Å². The lowest BCUT2D eigenvalue weighted by atomic mass is 10.1. The van der Waals surface area contributed by atoms with Gasteiger partial charge in [-0.3, -0.25) is 0 Å². The van der Waals surface area contributed by atoms with Crippen LogP contribution in [0.4, 0.5) is 4.79 Å². The van der Waals surface area contributed by atoms with Gasteiger partial charge in [0.05, 0.1) is 7.11 Å². The number of carbonyl (C=O) groups excluding carboxylic acids is 1. The highest BCUT2D eigenvalue weighted by molar-refractivity contribution is 5.85. The van der Waals surface area contributed by atoms with Crippen LogP contribution in [-0.2, 0) is 16.1 Å². The third kappa shape index (κ3) is 7.42. The maximum Gasteiger partial charge on any atom is 0.407 e. The SMILES string of the molecule is COc1cc(C=CC(=O)O)cc(C=CCCNC(=O)OCc2ccccc2)c1O. The molecule has 152 valence electrons. The molecule has 0 bridgehead atoms. The lowest BCUT2D eigenvalue weighted by molar-refractivity contribution is -0.131. The van der Waals surface area contributed by atoms with Crippen molar-refractivity contribution in [1.29, 1.82) is 0 Å². The number of amides is 1. The van der Waals surface area contributed by atoms with E-state index in [4.69, 9.17) is 14.6 Å². The Morgan fingerprint density at radius 3 is 2.59 bits per heavy atom. The van der Waals surface area contributed by atoms with E-state index in [1.807, 2.05) is 30.3 Å². The van der Waals surface area contributed by atoms with Gasteiger partial charge in [0.1, 0.15) is 6.61 Å². The molecule has 0 aliphatic carbocycles. The highest BCUT2D eigenvalue weighted by Gasteiger charge is 2.08. The summed E-state index contributed by atoms with van der Waals surface area (Å²) in [5.74, 6) is -0.884. The zero-order chi connectivity index (χ0) is 21.1. The summed E-state index contributed by atoms with van der Waals surface area (Å²) in [4.78, 5) is 22.4. The summed E-state index contributed by atoms with van der Waals surface area (Å²) in [7, 11) is 1.41. The van der Waals surface area contributed by atoms with E-state index in [1.54, 1.807) is 18.2 Å². The fraction of sp³-hybridized carbons (Fsp3) is 0.182. The number of phenolic OH excluding ortho intramolecular Hbond substituents is 1. The van der Waals surface area contributed by atoms with Crippen molar-refractivity contribution in [2.45, 2.75) is 13.0 Å². The Hall–Kier alpha value is -3.74. The van der Waals surface area contributed by atoms with Crippen LogP contribution >= 0.6 is 0 Å². The number of benzene rings is 2. The molecule has 0 heterocycles. The van der Waals surface area contributed by atoms with Crippen molar-refractivity contribution in [1.82, 2.24) is 5.32 Å². The number of alkyl carbamates (subject to hydrolysis) is 1. The number of nitrogens with one attached hydrogen (secondary N) is 1. The normalized spacial score (nSPS) is 10.9. The predicted molar refractivity (Wildman–Crippen MR) is 110 cm³/mol. The van der Waals surface area contributed by atoms with Gasteiger partial charge in [-0.2, -0.15) is 0 Å². The van der Waals surface area contributed by atoms with Gasteiger partial charge in [0.15, 0.2) is 11.5 Å². The molecule has 0 saturated heterocycles. The first-order chi connectivity index (χ1) is 14.0. The summed E-state index contributed by atoms with van der Waals surface area (Å²) in [5, 5.41) is 21.6. The van der Waals surface area contributed by atoms with Gasteiger partial charge >= 0.3 is 12.1 Å². The Kier molecular flexibility index (Phi) is 8.31. The van der Waals surface area contributed by atoms with E-state index in [-0.39, 0.29) is 18.1 Å².